The van der Waals surface area contributed by atoms with Crippen LogP contribution < -0.4 is 4.90 Å². The number of non-ortho nitro benzene ring substituents is 1. The Balaban J connectivity index is 1.73. The molecule has 0 radical (unpaired) electrons. The lowest BCUT2D eigenvalue weighted by Gasteiger charge is -2.28. The van der Waals surface area contributed by atoms with Gasteiger partial charge < -0.3 is 10.0 Å². The van der Waals surface area contributed by atoms with Gasteiger partial charge in [0, 0.05) is 25.2 Å². The molecule has 0 fully saturated rings. The van der Waals surface area contributed by atoms with Crippen molar-refractivity contribution in [1.29, 1.82) is 0 Å². The van der Waals surface area contributed by atoms with Crippen molar-refractivity contribution < 1.29 is 14.8 Å². The number of fused-ring (bicyclic) bond motifs is 1. The number of nitrogens with zero attached hydrogens (tertiary/aromatic N) is 5. The first kappa shape index (κ1) is 16.7. The molecule has 9 nitrogen and oxygen atoms in total. The summed E-state index contributed by atoms with van der Waals surface area (Å²) >= 11 is 0. The number of aromatic carboxylic acids is 1. The number of hydrogen-bond donors (Lipinski definition) is 1. The number of carboxylic acids is 1. The number of nitro groups is 1. The van der Waals surface area contributed by atoms with Crippen molar-refractivity contribution in [2.75, 3.05) is 11.4 Å². The number of hydrogen-bond acceptors (Lipinski definition) is 6. The van der Waals surface area contributed by atoms with Crippen LogP contribution in [0.5, 0.6) is 0 Å². The summed E-state index contributed by atoms with van der Waals surface area (Å²) in [5.41, 5.74) is 2.38. The lowest BCUT2D eigenvalue weighted by atomic mass is 10.00. The van der Waals surface area contributed by atoms with Gasteiger partial charge in [-0.15, -0.1) is 15.0 Å². The Bertz CT molecular complexity index is 1050. The highest BCUT2D eigenvalue weighted by Crippen LogP contribution is 2.26. The van der Waals surface area contributed by atoms with Crippen LogP contribution in [0.15, 0.2) is 48.5 Å². The average Bonchev–Trinajstić information content (AvgIpc) is 3.13. The van der Waals surface area contributed by atoms with Gasteiger partial charge >= 0.3 is 5.97 Å². The minimum atomic E-state index is -1.19. The van der Waals surface area contributed by atoms with Gasteiger partial charge in [0.15, 0.2) is 5.82 Å². The Morgan fingerprint density at radius 1 is 1.11 bits per heavy atom. The molecule has 2 heterocycles. The highest BCUT2D eigenvalue weighted by Gasteiger charge is 2.26. The lowest BCUT2D eigenvalue weighted by molar-refractivity contribution is -0.384. The first-order valence-corrected chi connectivity index (χ1v) is 8.30. The molecule has 1 aromatic heterocycles. The summed E-state index contributed by atoms with van der Waals surface area (Å²) in [6, 6.07) is 13.8. The molecule has 1 aliphatic rings. The lowest BCUT2D eigenvalue weighted by Crippen LogP contribution is -2.31. The third-order valence-corrected chi connectivity index (χ3v) is 4.50. The zero-order valence-corrected chi connectivity index (χ0v) is 14.1. The van der Waals surface area contributed by atoms with Crippen LogP contribution >= 0.6 is 0 Å². The van der Waals surface area contributed by atoms with Gasteiger partial charge in [0.1, 0.15) is 0 Å². The number of aromatic nitrogens is 3. The van der Waals surface area contributed by atoms with E-state index in [-0.39, 0.29) is 17.2 Å². The van der Waals surface area contributed by atoms with E-state index in [1.54, 1.807) is 6.07 Å². The van der Waals surface area contributed by atoms with Crippen LogP contribution in [0.2, 0.25) is 0 Å². The van der Waals surface area contributed by atoms with E-state index in [1.165, 1.54) is 23.8 Å². The van der Waals surface area contributed by atoms with Gasteiger partial charge in [0.2, 0.25) is 5.69 Å². The molecule has 0 saturated heterocycles. The van der Waals surface area contributed by atoms with E-state index >= 15 is 0 Å². The van der Waals surface area contributed by atoms with Crippen molar-refractivity contribution in [1.82, 2.24) is 15.0 Å². The largest absolute Gasteiger partial charge is 0.476 e. The minimum Gasteiger partial charge on any atom is -0.476 e. The Morgan fingerprint density at radius 2 is 1.89 bits per heavy atom. The van der Waals surface area contributed by atoms with Gasteiger partial charge in [0.05, 0.1) is 10.6 Å². The van der Waals surface area contributed by atoms with E-state index < -0.39 is 10.9 Å². The van der Waals surface area contributed by atoms with Crippen LogP contribution in [0.25, 0.3) is 5.69 Å². The van der Waals surface area contributed by atoms with E-state index in [9.17, 15) is 20.0 Å². The van der Waals surface area contributed by atoms with Crippen LogP contribution in [0.3, 0.4) is 0 Å². The smallest absolute Gasteiger partial charge is 0.360 e. The summed E-state index contributed by atoms with van der Waals surface area (Å²) in [5, 5.41) is 28.9. The number of rotatable bonds is 4. The van der Waals surface area contributed by atoms with Crippen molar-refractivity contribution in [3.63, 3.8) is 0 Å². The minimum absolute atomic E-state index is 0.116. The molecule has 1 N–H and O–H groups in total. The van der Waals surface area contributed by atoms with Crippen LogP contribution in [0.4, 0.5) is 11.5 Å². The van der Waals surface area contributed by atoms with Crippen molar-refractivity contribution >= 4 is 17.5 Å². The quantitative estimate of drug-likeness (QED) is 0.558. The number of carboxylic acid groups (broad SMARTS) is 1. The molecular formula is C18H15N5O4. The fraction of sp³-hybridized carbons (Fsp3) is 0.167. The van der Waals surface area contributed by atoms with E-state index in [2.05, 4.69) is 16.3 Å². The van der Waals surface area contributed by atoms with E-state index in [0.717, 1.165) is 16.8 Å². The summed E-state index contributed by atoms with van der Waals surface area (Å²) in [6.45, 7) is 1.15. The van der Waals surface area contributed by atoms with Crippen LogP contribution in [0.1, 0.15) is 21.6 Å². The predicted octanol–water partition coefficient (Wildman–Crippen LogP) is 2.44. The van der Waals surface area contributed by atoms with E-state index in [1.807, 2.05) is 23.1 Å². The van der Waals surface area contributed by atoms with Crippen molar-refractivity contribution in [3.8, 4) is 5.69 Å². The Labute approximate surface area is 153 Å². The van der Waals surface area contributed by atoms with Crippen LogP contribution in [0, 0.1) is 10.1 Å². The third kappa shape index (κ3) is 3.10. The molecule has 2 aromatic carbocycles. The van der Waals surface area contributed by atoms with Gasteiger partial charge in [-0.25, -0.2) is 4.79 Å². The first-order chi connectivity index (χ1) is 13.0. The molecule has 0 aliphatic carbocycles. The van der Waals surface area contributed by atoms with Gasteiger partial charge in [-0.2, -0.15) is 0 Å². The fourth-order valence-electron chi connectivity index (χ4n) is 3.17. The van der Waals surface area contributed by atoms with Gasteiger partial charge in [0.25, 0.3) is 5.69 Å². The van der Waals surface area contributed by atoms with Gasteiger partial charge in [-0.3, -0.25) is 10.1 Å². The molecule has 0 saturated carbocycles. The second-order valence-electron chi connectivity index (χ2n) is 6.18. The maximum atomic E-state index is 11.7. The normalized spacial score (nSPS) is 13.3. The third-order valence-electron chi connectivity index (χ3n) is 4.50. The van der Waals surface area contributed by atoms with E-state index in [0.29, 0.717) is 18.8 Å². The number of nitro benzene ring substituents is 1. The second-order valence-corrected chi connectivity index (χ2v) is 6.18. The number of benzene rings is 2. The monoisotopic (exact) mass is 365 g/mol. The highest BCUT2D eigenvalue weighted by atomic mass is 16.6. The molecule has 0 unspecified atom stereocenters. The predicted molar refractivity (Wildman–Crippen MR) is 96.2 cm³/mol. The Hall–Kier alpha value is -3.75. The van der Waals surface area contributed by atoms with Gasteiger partial charge in [-0.05, 0) is 23.6 Å². The topological polar surface area (TPSA) is 114 Å². The zero-order chi connectivity index (χ0) is 19.0. The summed E-state index contributed by atoms with van der Waals surface area (Å²) in [5.74, 6) is -0.941. The highest BCUT2D eigenvalue weighted by molar-refractivity contribution is 5.91. The molecule has 9 heteroatoms. The molecule has 1 aliphatic heterocycles. The molecule has 3 aromatic rings. The van der Waals surface area contributed by atoms with E-state index in [4.69, 9.17) is 0 Å². The summed E-state index contributed by atoms with van der Waals surface area (Å²) in [6.07, 6.45) is 0.777. The summed E-state index contributed by atoms with van der Waals surface area (Å²) in [4.78, 5) is 25.1. The maximum Gasteiger partial charge on any atom is 0.360 e. The van der Waals surface area contributed by atoms with Crippen molar-refractivity contribution in [2.45, 2.75) is 13.0 Å². The fourth-order valence-corrected chi connectivity index (χ4v) is 3.17. The molecule has 27 heavy (non-hydrogen) atoms. The Kier molecular flexibility index (Phi) is 4.03. The molecule has 0 amide bonds. The second kappa shape index (κ2) is 6.52. The average molecular weight is 365 g/mol. The SMILES string of the molecule is O=C(O)c1nn(-c2cccc([N+](=O)[O-])c2)nc1N1CCc2ccccc2C1. The van der Waals surface area contributed by atoms with Gasteiger partial charge in [-0.1, -0.05) is 30.3 Å². The number of carbonyl (C=O) groups is 1. The van der Waals surface area contributed by atoms with Crippen LogP contribution in [-0.2, 0) is 13.0 Å². The van der Waals surface area contributed by atoms with Crippen molar-refractivity contribution in [2.24, 2.45) is 0 Å². The molecule has 136 valence electrons. The standard InChI is InChI=1S/C18H15N5O4/c24-18(25)16-17(21-9-8-12-4-1-2-5-13(12)11-21)20-22(19-16)14-6-3-7-15(10-14)23(26)27/h1-7,10H,8-9,11H2,(H,24,25). The van der Waals surface area contributed by atoms with Crippen molar-refractivity contribution in [3.05, 3.63) is 75.5 Å². The Morgan fingerprint density at radius 3 is 2.63 bits per heavy atom. The zero-order valence-electron chi connectivity index (χ0n) is 14.1. The maximum absolute atomic E-state index is 11.7. The molecule has 0 atom stereocenters. The number of anilines is 1. The molecule has 4 rings (SSSR count). The summed E-state index contributed by atoms with van der Waals surface area (Å²) < 4.78 is 0. The molecular weight excluding hydrogens is 350 g/mol. The summed E-state index contributed by atoms with van der Waals surface area (Å²) in [7, 11) is 0. The van der Waals surface area contributed by atoms with Crippen LogP contribution in [-0.4, -0.2) is 37.5 Å². The first-order valence-electron chi connectivity index (χ1n) is 8.30. The molecule has 0 spiro atoms. The molecule has 0 bridgehead atoms.